The summed E-state index contributed by atoms with van der Waals surface area (Å²) in [6, 6.07) is 0. The van der Waals surface area contributed by atoms with Gasteiger partial charge in [-0.3, -0.25) is 4.79 Å². The first kappa shape index (κ1) is 17.4. The van der Waals surface area contributed by atoms with Crippen molar-refractivity contribution >= 4 is 5.91 Å². The van der Waals surface area contributed by atoms with Crippen LogP contribution in [0.5, 0.6) is 0 Å². The third-order valence-corrected chi connectivity index (χ3v) is 9.39. The second-order valence-electron chi connectivity index (χ2n) is 10.9. The van der Waals surface area contributed by atoms with E-state index >= 15 is 0 Å². The molecule has 2 heteroatoms. The van der Waals surface area contributed by atoms with Crippen molar-refractivity contribution in [3.63, 3.8) is 0 Å². The zero-order valence-corrected chi connectivity index (χ0v) is 16.4. The highest BCUT2D eigenvalue weighted by Crippen LogP contribution is 2.73. The summed E-state index contributed by atoms with van der Waals surface area (Å²) in [5, 5.41) is 3.03. The Morgan fingerprint density at radius 1 is 1.04 bits per heavy atom. The minimum absolute atomic E-state index is 0.209. The van der Waals surface area contributed by atoms with Crippen LogP contribution in [0.4, 0.5) is 0 Å². The quantitative estimate of drug-likeness (QED) is 0.709. The van der Waals surface area contributed by atoms with Crippen molar-refractivity contribution in [1.29, 1.82) is 0 Å². The molecule has 25 heavy (non-hydrogen) atoms. The lowest BCUT2D eigenvalue weighted by atomic mass is 9.40. The number of nitrogens with one attached hydrogen (secondary N) is 1. The predicted octanol–water partition coefficient (Wildman–Crippen LogP) is 4.93. The van der Waals surface area contributed by atoms with Crippen LogP contribution in [0.2, 0.25) is 0 Å². The molecule has 4 rings (SSSR count). The molecule has 4 fully saturated rings. The average Bonchev–Trinajstić information content (AvgIpc) is 2.82. The van der Waals surface area contributed by atoms with Crippen LogP contribution in [0.25, 0.3) is 0 Å². The lowest BCUT2D eigenvalue weighted by molar-refractivity contribution is -0.154. The third-order valence-electron chi connectivity index (χ3n) is 9.39. The summed E-state index contributed by atoms with van der Waals surface area (Å²) < 4.78 is 0. The van der Waals surface area contributed by atoms with Gasteiger partial charge in [0.15, 0.2) is 0 Å². The van der Waals surface area contributed by atoms with E-state index in [9.17, 15) is 4.79 Å². The van der Waals surface area contributed by atoms with Crippen LogP contribution < -0.4 is 5.32 Å². The van der Waals surface area contributed by atoms with Crippen LogP contribution in [0.3, 0.4) is 0 Å². The summed E-state index contributed by atoms with van der Waals surface area (Å²) in [5.74, 6) is 3.61. The summed E-state index contributed by atoms with van der Waals surface area (Å²) in [4.78, 5) is 11.7. The number of terminal acetylenes is 1. The summed E-state index contributed by atoms with van der Waals surface area (Å²) >= 11 is 0. The minimum atomic E-state index is -0.245. The standard InChI is InChI=1S/C23H35NO/c1-5-19(25)24-16-21(3)9-6-10-22(4)17(21)8-12-23-14-13-20(2,15-23)11-7-18(22)23/h1,17-18H,6-16H2,2-4H3,(H,24,25)/t17?,18?,20-,21+,22-,23?/m1/s1. The number of amides is 1. The van der Waals surface area contributed by atoms with E-state index in [1.54, 1.807) is 0 Å². The van der Waals surface area contributed by atoms with Crippen molar-refractivity contribution in [3.8, 4) is 12.3 Å². The molecule has 1 spiro atoms. The van der Waals surface area contributed by atoms with Crippen molar-refractivity contribution in [2.45, 2.75) is 85.0 Å². The highest BCUT2D eigenvalue weighted by Gasteiger charge is 2.64. The van der Waals surface area contributed by atoms with Crippen LogP contribution in [0, 0.1) is 45.8 Å². The van der Waals surface area contributed by atoms with E-state index in [2.05, 4.69) is 32.0 Å². The van der Waals surface area contributed by atoms with Gasteiger partial charge >= 0.3 is 0 Å². The zero-order valence-electron chi connectivity index (χ0n) is 16.4. The van der Waals surface area contributed by atoms with E-state index in [1.165, 1.54) is 64.2 Å². The van der Waals surface area contributed by atoms with Crippen LogP contribution in [-0.2, 0) is 4.79 Å². The number of rotatable bonds is 2. The molecule has 6 atom stereocenters. The number of hydrogen-bond donors (Lipinski definition) is 1. The molecular formula is C23H35NO. The third kappa shape index (κ3) is 2.48. The maximum absolute atomic E-state index is 11.7. The Labute approximate surface area is 153 Å². The molecule has 0 aromatic rings. The Kier molecular flexibility index (Phi) is 3.85. The number of hydrogen-bond acceptors (Lipinski definition) is 1. The Morgan fingerprint density at radius 2 is 1.80 bits per heavy atom. The second-order valence-corrected chi connectivity index (χ2v) is 10.9. The van der Waals surface area contributed by atoms with Crippen molar-refractivity contribution < 1.29 is 4.79 Å². The van der Waals surface area contributed by atoms with Crippen LogP contribution in [0.1, 0.15) is 85.0 Å². The van der Waals surface area contributed by atoms with Crippen molar-refractivity contribution in [2.75, 3.05) is 6.54 Å². The molecule has 2 bridgehead atoms. The largest absolute Gasteiger partial charge is 0.345 e. The number of carbonyl (C=O) groups is 1. The van der Waals surface area contributed by atoms with Crippen LogP contribution >= 0.6 is 0 Å². The first-order chi connectivity index (χ1) is 11.8. The monoisotopic (exact) mass is 341 g/mol. The molecule has 1 amide bonds. The van der Waals surface area contributed by atoms with E-state index < -0.39 is 0 Å². The van der Waals surface area contributed by atoms with Crippen molar-refractivity contribution in [1.82, 2.24) is 5.32 Å². The molecular weight excluding hydrogens is 306 g/mol. The van der Waals surface area contributed by atoms with Gasteiger partial charge in [0.1, 0.15) is 0 Å². The molecule has 4 aliphatic carbocycles. The normalized spacial score (nSPS) is 51.1. The van der Waals surface area contributed by atoms with Crippen LogP contribution in [-0.4, -0.2) is 12.5 Å². The molecule has 138 valence electrons. The lowest BCUT2D eigenvalue weighted by Crippen LogP contribution is -2.58. The smallest absolute Gasteiger partial charge is 0.295 e. The number of fused-ring (bicyclic) bond motifs is 3. The maximum Gasteiger partial charge on any atom is 0.295 e. The van der Waals surface area contributed by atoms with E-state index in [1.807, 2.05) is 0 Å². The van der Waals surface area contributed by atoms with E-state index in [0.717, 1.165) is 18.4 Å². The first-order valence-corrected chi connectivity index (χ1v) is 10.5. The Bertz CT molecular complexity index is 620. The Hall–Kier alpha value is -0.970. The summed E-state index contributed by atoms with van der Waals surface area (Å²) in [7, 11) is 0. The lowest BCUT2D eigenvalue weighted by Gasteiger charge is -2.65. The SMILES string of the molecule is C#CC(=O)NC[C@]1(C)CCC[C@@]2(C)C3CC[C@]4(C)CCC3(CCC12)C4. The fourth-order valence-corrected chi connectivity index (χ4v) is 8.39. The minimum Gasteiger partial charge on any atom is -0.345 e. The molecule has 1 N–H and O–H groups in total. The molecule has 0 aromatic carbocycles. The van der Waals surface area contributed by atoms with Crippen molar-refractivity contribution in [3.05, 3.63) is 0 Å². The summed E-state index contributed by atoms with van der Waals surface area (Å²) in [6.07, 6.45) is 19.3. The molecule has 2 nitrogen and oxygen atoms in total. The van der Waals surface area contributed by atoms with E-state index in [4.69, 9.17) is 6.42 Å². The second kappa shape index (κ2) is 5.51. The maximum atomic E-state index is 11.7. The van der Waals surface area contributed by atoms with Gasteiger partial charge in [0.05, 0.1) is 0 Å². The van der Waals surface area contributed by atoms with E-state index in [-0.39, 0.29) is 11.3 Å². The van der Waals surface area contributed by atoms with Gasteiger partial charge in [0.2, 0.25) is 0 Å². The molecule has 0 aliphatic heterocycles. The molecule has 4 saturated carbocycles. The Balaban J connectivity index is 1.61. The van der Waals surface area contributed by atoms with Gasteiger partial charge < -0.3 is 5.32 Å². The van der Waals surface area contributed by atoms with Gasteiger partial charge in [0.25, 0.3) is 5.91 Å². The Morgan fingerprint density at radius 3 is 2.56 bits per heavy atom. The molecule has 4 aliphatic rings. The van der Waals surface area contributed by atoms with Gasteiger partial charge in [-0.2, -0.15) is 0 Å². The first-order valence-electron chi connectivity index (χ1n) is 10.5. The van der Waals surface area contributed by atoms with Gasteiger partial charge in [-0.1, -0.05) is 27.2 Å². The van der Waals surface area contributed by atoms with Gasteiger partial charge in [-0.25, -0.2) is 0 Å². The number of carbonyl (C=O) groups excluding carboxylic acids is 1. The fourth-order valence-electron chi connectivity index (χ4n) is 8.39. The van der Waals surface area contributed by atoms with Crippen molar-refractivity contribution in [2.24, 2.45) is 33.5 Å². The summed E-state index contributed by atoms with van der Waals surface area (Å²) in [6.45, 7) is 8.34. The van der Waals surface area contributed by atoms with Gasteiger partial charge in [0, 0.05) is 6.54 Å². The highest BCUT2D eigenvalue weighted by molar-refractivity contribution is 5.92. The molecule has 0 saturated heterocycles. The summed E-state index contributed by atoms with van der Waals surface area (Å²) in [5.41, 5.74) is 1.94. The van der Waals surface area contributed by atoms with Crippen LogP contribution in [0.15, 0.2) is 0 Å². The average molecular weight is 342 g/mol. The fraction of sp³-hybridized carbons (Fsp3) is 0.870. The van der Waals surface area contributed by atoms with Gasteiger partial charge in [-0.05, 0) is 97.2 Å². The van der Waals surface area contributed by atoms with Gasteiger partial charge in [-0.15, -0.1) is 6.42 Å². The predicted molar refractivity (Wildman–Crippen MR) is 102 cm³/mol. The van der Waals surface area contributed by atoms with E-state index in [0.29, 0.717) is 16.2 Å². The molecule has 0 heterocycles. The molecule has 3 unspecified atom stereocenters. The highest BCUT2D eigenvalue weighted by atomic mass is 16.1. The molecule has 0 aromatic heterocycles. The zero-order chi connectivity index (χ0) is 17.9. The molecule has 0 radical (unpaired) electrons. The topological polar surface area (TPSA) is 29.1 Å².